The fraction of sp³-hybridized carbons (Fsp3) is 0.333. The van der Waals surface area contributed by atoms with Crippen LogP contribution < -0.4 is 10.9 Å². The predicted octanol–water partition coefficient (Wildman–Crippen LogP) is 2.43. The maximum Gasteiger partial charge on any atom is 0.349 e. The van der Waals surface area contributed by atoms with Crippen LogP contribution in [0.3, 0.4) is 0 Å². The summed E-state index contributed by atoms with van der Waals surface area (Å²) in [5, 5.41) is 3.47. The molecule has 5 heteroatoms. The average molecular weight is 313 g/mol. The van der Waals surface area contributed by atoms with Crippen LogP contribution >= 0.6 is 0 Å². The van der Waals surface area contributed by atoms with Crippen molar-refractivity contribution in [1.29, 1.82) is 0 Å². The van der Waals surface area contributed by atoms with Gasteiger partial charge in [-0.3, -0.25) is 4.79 Å². The first-order chi connectivity index (χ1) is 11.2. The minimum absolute atomic E-state index is 0.0197. The van der Waals surface area contributed by atoms with Crippen molar-refractivity contribution in [2.75, 3.05) is 13.2 Å². The lowest BCUT2D eigenvalue weighted by Crippen LogP contribution is -2.34. The molecule has 2 aromatic rings. The predicted molar refractivity (Wildman–Crippen MR) is 87.7 cm³/mol. The Morgan fingerprint density at radius 1 is 1.43 bits per heavy atom. The second kappa shape index (κ2) is 6.79. The van der Waals surface area contributed by atoms with Crippen molar-refractivity contribution in [2.24, 2.45) is 0 Å². The Bertz CT molecular complexity index is 787. The van der Waals surface area contributed by atoms with Gasteiger partial charge in [-0.25, -0.2) is 4.79 Å². The molecule has 1 aliphatic rings. The summed E-state index contributed by atoms with van der Waals surface area (Å²) in [4.78, 5) is 24.4. The number of fused-ring (bicyclic) bond motifs is 1. The first-order valence-corrected chi connectivity index (χ1v) is 7.75. The molecule has 2 heterocycles. The Morgan fingerprint density at radius 2 is 2.30 bits per heavy atom. The Kier molecular flexibility index (Phi) is 4.57. The molecule has 5 nitrogen and oxygen atoms in total. The minimum atomic E-state index is -0.626. The van der Waals surface area contributed by atoms with Gasteiger partial charge in [-0.1, -0.05) is 24.3 Å². The molecule has 1 atom stereocenters. The molecular weight excluding hydrogens is 294 g/mol. The molecule has 1 saturated heterocycles. The van der Waals surface area contributed by atoms with Gasteiger partial charge in [-0.05, 0) is 30.9 Å². The highest BCUT2D eigenvalue weighted by molar-refractivity contribution is 5.97. The van der Waals surface area contributed by atoms with Crippen molar-refractivity contribution in [3.8, 4) is 0 Å². The Balaban J connectivity index is 1.85. The van der Waals surface area contributed by atoms with Crippen LogP contribution in [0.15, 0.2) is 46.1 Å². The summed E-state index contributed by atoms with van der Waals surface area (Å²) in [7, 11) is 0. The number of benzene rings is 1. The summed E-state index contributed by atoms with van der Waals surface area (Å²) in [5.74, 6) is -0.426. The summed E-state index contributed by atoms with van der Waals surface area (Å²) >= 11 is 0. The van der Waals surface area contributed by atoms with Crippen LogP contribution in [0.25, 0.3) is 11.0 Å². The summed E-state index contributed by atoms with van der Waals surface area (Å²) < 4.78 is 10.8. The Hall–Kier alpha value is -2.40. The van der Waals surface area contributed by atoms with Gasteiger partial charge in [0.1, 0.15) is 11.1 Å². The second-order valence-corrected chi connectivity index (χ2v) is 5.62. The molecule has 1 aliphatic heterocycles. The molecule has 0 radical (unpaired) electrons. The number of amides is 1. The highest BCUT2D eigenvalue weighted by Crippen LogP contribution is 2.19. The van der Waals surface area contributed by atoms with Gasteiger partial charge in [0, 0.05) is 18.5 Å². The van der Waals surface area contributed by atoms with Crippen molar-refractivity contribution < 1.29 is 13.9 Å². The first kappa shape index (κ1) is 15.5. The van der Waals surface area contributed by atoms with Crippen LogP contribution in [-0.4, -0.2) is 25.2 Å². The molecule has 1 N–H and O–H groups in total. The van der Waals surface area contributed by atoms with E-state index in [-0.39, 0.29) is 11.7 Å². The SMILES string of the molecule is C=CCc1cccc2cc(C(=O)NCC3CCCO3)c(=O)oc12. The Morgan fingerprint density at radius 3 is 3.04 bits per heavy atom. The Labute approximate surface area is 133 Å². The van der Waals surface area contributed by atoms with E-state index >= 15 is 0 Å². The number of hydrogen-bond donors (Lipinski definition) is 1. The number of carbonyl (C=O) groups is 1. The third-order valence-corrected chi connectivity index (χ3v) is 3.96. The molecule has 1 aromatic heterocycles. The van der Waals surface area contributed by atoms with E-state index in [1.54, 1.807) is 12.1 Å². The molecule has 1 amide bonds. The first-order valence-electron chi connectivity index (χ1n) is 7.75. The molecule has 0 aliphatic carbocycles. The van der Waals surface area contributed by atoms with Crippen LogP contribution in [0.4, 0.5) is 0 Å². The molecule has 0 bridgehead atoms. The summed E-state index contributed by atoms with van der Waals surface area (Å²) in [6, 6.07) is 7.15. The zero-order valence-corrected chi connectivity index (χ0v) is 12.8. The number of carbonyl (C=O) groups excluding carboxylic acids is 1. The minimum Gasteiger partial charge on any atom is -0.422 e. The van der Waals surface area contributed by atoms with E-state index in [1.165, 1.54) is 0 Å². The van der Waals surface area contributed by atoms with Crippen molar-refractivity contribution in [2.45, 2.75) is 25.4 Å². The fourth-order valence-electron chi connectivity index (χ4n) is 2.79. The normalized spacial score (nSPS) is 17.3. The number of hydrogen-bond acceptors (Lipinski definition) is 4. The van der Waals surface area contributed by atoms with E-state index in [2.05, 4.69) is 11.9 Å². The smallest absolute Gasteiger partial charge is 0.349 e. The number of para-hydroxylation sites is 1. The van der Waals surface area contributed by atoms with E-state index in [9.17, 15) is 9.59 Å². The lowest BCUT2D eigenvalue weighted by Gasteiger charge is -2.10. The van der Waals surface area contributed by atoms with Crippen LogP contribution in [-0.2, 0) is 11.2 Å². The highest BCUT2D eigenvalue weighted by atomic mass is 16.5. The third-order valence-electron chi connectivity index (χ3n) is 3.96. The van der Waals surface area contributed by atoms with E-state index in [0.717, 1.165) is 30.4 Å². The lowest BCUT2D eigenvalue weighted by atomic mass is 10.1. The molecule has 1 unspecified atom stereocenters. The summed E-state index contributed by atoms with van der Waals surface area (Å²) in [5.41, 5.74) is 0.777. The standard InChI is InChI=1S/C18H19NO4/c1-2-5-12-6-3-7-13-10-15(18(21)23-16(12)13)17(20)19-11-14-8-4-9-22-14/h2-3,6-7,10,14H,1,4-5,8-9,11H2,(H,19,20). The fourth-order valence-corrected chi connectivity index (χ4v) is 2.79. The van der Waals surface area contributed by atoms with Gasteiger partial charge >= 0.3 is 5.63 Å². The van der Waals surface area contributed by atoms with Gasteiger partial charge in [0.15, 0.2) is 0 Å². The second-order valence-electron chi connectivity index (χ2n) is 5.62. The van der Waals surface area contributed by atoms with Crippen LogP contribution in [0, 0.1) is 0 Å². The average Bonchev–Trinajstić information content (AvgIpc) is 3.06. The van der Waals surface area contributed by atoms with Crippen LogP contribution in [0.1, 0.15) is 28.8 Å². The van der Waals surface area contributed by atoms with E-state index in [4.69, 9.17) is 9.15 Å². The monoisotopic (exact) mass is 313 g/mol. The molecular formula is C18H19NO4. The van der Waals surface area contributed by atoms with Gasteiger partial charge in [-0.2, -0.15) is 0 Å². The van der Waals surface area contributed by atoms with E-state index in [0.29, 0.717) is 18.5 Å². The molecule has 120 valence electrons. The van der Waals surface area contributed by atoms with Crippen LogP contribution in [0.5, 0.6) is 0 Å². The van der Waals surface area contributed by atoms with Crippen molar-refractivity contribution in [3.05, 3.63) is 58.5 Å². The van der Waals surface area contributed by atoms with Gasteiger partial charge in [0.25, 0.3) is 5.91 Å². The number of allylic oxidation sites excluding steroid dienone is 1. The molecule has 3 rings (SSSR count). The number of nitrogens with one attached hydrogen (secondary N) is 1. The van der Waals surface area contributed by atoms with Gasteiger partial charge in [0.05, 0.1) is 6.10 Å². The quantitative estimate of drug-likeness (QED) is 0.680. The van der Waals surface area contributed by atoms with Gasteiger partial charge in [-0.15, -0.1) is 6.58 Å². The molecule has 1 fully saturated rings. The van der Waals surface area contributed by atoms with Crippen LogP contribution in [0.2, 0.25) is 0 Å². The van der Waals surface area contributed by atoms with E-state index in [1.807, 2.05) is 18.2 Å². The van der Waals surface area contributed by atoms with Gasteiger partial charge in [0.2, 0.25) is 0 Å². The zero-order chi connectivity index (χ0) is 16.2. The molecule has 0 spiro atoms. The van der Waals surface area contributed by atoms with Crippen molar-refractivity contribution in [3.63, 3.8) is 0 Å². The van der Waals surface area contributed by atoms with E-state index < -0.39 is 11.5 Å². The molecule has 23 heavy (non-hydrogen) atoms. The summed E-state index contributed by atoms with van der Waals surface area (Å²) in [6.45, 7) is 4.83. The topological polar surface area (TPSA) is 68.5 Å². The maximum absolute atomic E-state index is 12.2. The lowest BCUT2D eigenvalue weighted by molar-refractivity contribution is 0.0855. The third kappa shape index (κ3) is 3.35. The highest BCUT2D eigenvalue weighted by Gasteiger charge is 2.19. The number of rotatable bonds is 5. The van der Waals surface area contributed by atoms with Crippen molar-refractivity contribution >= 4 is 16.9 Å². The van der Waals surface area contributed by atoms with Gasteiger partial charge < -0.3 is 14.5 Å². The largest absolute Gasteiger partial charge is 0.422 e. The zero-order valence-electron chi connectivity index (χ0n) is 12.8. The van der Waals surface area contributed by atoms with Crippen molar-refractivity contribution in [1.82, 2.24) is 5.32 Å². The number of ether oxygens (including phenoxy) is 1. The molecule has 1 aromatic carbocycles. The summed E-state index contributed by atoms with van der Waals surface area (Å²) in [6.07, 6.45) is 4.31. The molecule has 0 saturated carbocycles. The maximum atomic E-state index is 12.2.